The van der Waals surface area contributed by atoms with E-state index < -0.39 is 11.8 Å². The third-order valence-electron chi connectivity index (χ3n) is 5.01. The van der Waals surface area contributed by atoms with Crippen molar-refractivity contribution in [2.45, 2.75) is 45.4 Å². The highest BCUT2D eigenvalue weighted by Gasteiger charge is 2.44. The molecule has 1 aromatic rings. The van der Waals surface area contributed by atoms with Crippen LogP contribution in [0.1, 0.15) is 51.0 Å². The molecular formula is C21H25NO4. The molecule has 0 saturated carbocycles. The second-order valence-corrected chi connectivity index (χ2v) is 6.76. The van der Waals surface area contributed by atoms with Crippen LogP contribution in [-0.4, -0.2) is 31.2 Å². The van der Waals surface area contributed by atoms with Crippen LogP contribution in [0.25, 0.3) is 0 Å². The number of esters is 1. The van der Waals surface area contributed by atoms with E-state index in [0.717, 1.165) is 30.5 Å². The number of nitrogens with zero attached hydrogens (tertiary/aromatic N) is 1. The first-order valence-corrected chi connectivity index (χ1v) is 9.19. The Morgan fingerprint density at radius 1 is 1.27 bits per heavy atom. The monoisotopic (exact) mass is 355 g/mol. The standard InChI is InChI=1S/C21H25NO4/c1-4-12-26-21(24)18-13(2)22-15-9-7-10-16(23)20(15)19(18)14-8-5-6-11-17(14)25-3/h5-6,8,11,18-19H,4,7,9-10,12H2,1-3H3/t18?,19-/m1/s1. The lowest BCUT2D eigenvalue weighted by atomic mass is 9.71. The van der Waals surface area contributed by atoms with E-state index in [1.807, 2.05) is 38.1 Å². The van der Waals surface area contributed by atoms with Gasteiger partial charge in [-0.3, -0.25) is 14.6 Å². The number of carbonyl (C=O) groups excluding carboxylic acids is 2. The number of Topliss-reactive ketones (excluding diaryl/α,β-unsaturated/α-hetero) is 1. The molecule has 0 fully saturated rings. The van der Waals surface area contributed by atoms with E-state index in [9.17, 15) is 9.59 Å². The van der Waals surface area contributed by atoms with Crippen molar-refractivity contribution >= 4 is 17.5 Å². The highest BCUT2D eigenvalue weighted by molar-refractivity contribution is 6.09. The van der Waals surface area contributed by atoms with Crippen LogP contribution >= 0.6 is 0 Å². The summed E-state index contributed by atoms with van der Waals surface area (Å²) in [7, 11) is 1.60. The van der Waals surface area contributed by atoms with Gasteiger partial charge < -0.3 is 9.47 Å². The minimum Gasteiger partial charge on any atom is -0.496 e. The summed E-state index contributed by atoms with van der Waals surface area (Å²) >= 11 is 0. The summed E-state index contributed by atoms with van der Waals surface area (Å²) in [5, 5.41) is 0. The quantitative estimate of drug-likeness (QED) is 0.753. The average molecular weight is 355 g/mol. The number of hydrogen-bond donors (Lipinski definition) is 0. The lowest BCUT2D eigenvalue weighted by Crippen LogP contribution is -2.37. The summed E-state index contributed by atoms with van der Waals surface area (Å²) in [6.45, 7) is 4.17. The maximum absolute atomic E-state index is 12.9. The summed E-state index contributed by atoms with van der Waals surface area (Å²) in [5.74, 6) is -0.583. The minimum atomic E-state index is -0.598. The van der Waals surface area contributed by atoms with Crippen molar-refractivity contribution in [3.8, 4) is 5.75 Å². The number of rotatable bonds is 5. The average Bonchev–Trinajstić information content (AvgIpc) is 2.65. The second-order valence-electron chi connectivity index (χ2n) is 6.76. The van der Waals surface area contributed by atoms with Gasteiger partial charge in [0.05, 0.1) is 13.7 Å². The predicted molar refractivity (Wildman–Crippen MR) is 99.5 cm³/mol. The van der Waals surface area contributed by atoms with Crippen LogP contribution in [0.4, 0.5) is 0 Å². The smallest absolute Gasteiger partial charge is 0.315 e. The summed E-state index contributed by atoms with van der Waals surface area (Å²) in [5.41, 5.74) is 3.01. The van der Waals surface area contributed by atoms with Gasteiger partial charge in [0, 0.05) is 34.9 Å². The topological polar surface area (TPSA) is 65.0 Å². The number of benzene rings is 1. The zero-order valence-electron chi connectivity index (χ0n) is 15.6. The molecule has 0 spiro atoms. The molecule has 1 heterocycles. The maximum Gasteiger partial charge on any atom is 0.315 e. The fourth-order valence-corrected chi connectivity index (χ4v) is 3.86. The number of aliphatic imine (C=N–C) groups is 1. The summed E-state index contributed by atoms with van der Waals surface area (Å²) in [6, 6.07) is 7.57. The molecule has 3 rings (SSSR count). The molecule has 26 heavy (non-hydrogen) atoms. The third kappa shape index (κ3) is 3.30. The fourth-order valence-electron chi connectivity index (χ4n) is 3.86. The van der Waals surface area contributed by atoms with Crippen molar-refractivity contribution in [2.75, 3.05) is 13.7 Å². The first kappa shape index (κ1) is 18.4. The zero-order valence-corrected chi connectivity index (χ0v) is 15.6. The molecule has 0 bridgehead atoms. The zero-order chi connectivity index (χ0) is 18.7. The lowest BCUT2D eigenvalue weighted by Gasteiger charge is -2.35. The predicted octanol–water partition coefficient (Wildman–Crippen LogP) is 3.83. The van der Waals surface area contributed by atoms with Crippen LogP contribution < -0.4 is 4.74 Å². The van der Waals surface area contributed by atoms with Gasteiger partial charge in [0.15, 0.2) is 5.78 Å². The van der Waals surface area contributed by atoms with Crippen LogP contribution in [0.3, 0.4) is 0 Å². The molecule has 1 unspecified atom stereocenters. The Morgan fingerprint density at radius 2 is 2.04 bits per heavy atom. The summed E-state index contributed by atoms with van der Waals surface area (Å²) in [6.07, 6.45) is 2.81. The number of ether oxygens (including phenoxy) is 2. The number of para-hydroxylation sites is 1. The number of carbonyl (C=O) groups is 2. The van der Waals surface area contributed by atoms with E-state index in [0.29, 0.717) is 30.1 Å². The van der Waals surface area contributed by atoms with Gasteiger partial charge in [-0.1, -0.05) is 25.1 Å². The summed E-state index contributed by atoms with van der Waals surface area (Å²) in [4.78, 5) is 30.3. The van der Waals surface area contributed by atoms with Crippen molar-refractivity contribution in [2.24, 2.45) is 10.9 Å². The first-order chi connectivity index (χ1) is 12.6. The normalized spacial score (nSPS) is 22.6. The maximum atomic E-state index is 12.9. The molecular weight excluding hydrogens is 330 g/mol. The third-order valence-corrected chi connectivity index (χ3v) is 5.01. The number of allylic oxidation sites excluding steroid dienone is 2. The van der Waals surface area contributed by atoms with Gasteiger partial charge >= 0.3 is 5.97 Å². The minimum absolute atomic E-state index is 0.0756. The van der Waals surface area contributed by atoms with Gasteiger partial charge in [-0.15, -0.1) is 0 Å². The molecule has 5 heteroatoms. The molecule has 2 aliphatic rings. The number of ketones is 1. The van der Waals surface area contributed by atoms with E-state index in [2.05, 4.69) is 4.99 Å². The molecule has 0 aromatic heterocycles. The Morgan fingerprint density at radius 3 is 2.77 bits per heavy atom. The Bertz CT molecular complexity index is 778. The van der Waals surface area contributed by atoms with E-state index in [1.165, 1.54) is 0 Å². The van der Waals surface area contributed by atoms with E-state index >= 15 is 0 Å². The van der Waals surface area contributed by atoms with Gasteiger partial charge in [0.2, 0.25) is 0 Å². The van der Waals surface area contributed by atoms with Crippen LogP contribution in [0.15, 0.2) is 40.5 Å². The molecule has 2 atom stereocenters. The number of methoxy groups -OCH3 is 1. The molecule has 0 radical (unpaired) electrons. The molecule has 1 aromatic carbocycles. The van der Waals surface area contributed by atoms with Crippen molar-refractivity contribution in [1.29, 1.82) is 0 Å². The second kappa shape index (κ2) is 7.85. The molecule has 1 aliphatic carbocycles. The SMILES string of the molecule is CCCOC(=O)C1C(C)=NC2=C(C(=O)CCC2)[C@@H]1c1ccccc1OC. The summed E-state index contributed by atoms with van der Waals surface area (Å²) < 4.78 is 11.0. The molecule has 0 N–H and O–H groups in total. The van der Waals surface area contributed by atoms with Gasteiger partial charge in [-0.25, -0.2) is 0 Å². The van der Waals surface area contributed by atoms with Gasteiger partial charge in [-0.2, -0.15) is 0 Å². The molecule has 5 nitrogen and oxygen atoms in total. The Labute approximate surface area is 154 Å². The van der Waals surface area contributed by atoms with Crippen LogP contribution in [0, 0.1) is 5.92 Å². The van der Waals surface area contributed by atoms with Crippen molar-refractivity contribution < 1.29 is 19.1 Å². The van der Waals surface area contributed by atoms with Crippen molar-refractivity contribution in [3.05, 3.63) is 41.1 Å². The molecule has 0 amide bonds. The Kier molecular flexibility index (Phi) is 5.55. The van der Waals surface area contributed by atoms with E-state index in [1.54, 1.807) is 7.11 Å². The molecule has 1 aliphatic heterocycles. The highest BCUT2D eigenvalue weighted by atomic mass is 16.5. The fraction of sp³-hybridized carbons (Fsp3) is 0.476. The van der Waals surface area contributed by atoms with Gasteiger partial charge in [-0.05, 0) is 32.3 Å². The Hall–Kier alpha value is -2.43. The largest absolute Gasteiger partial charge is 0.496 e. The van der Waals surface area contributed by atoms with Gasteiger partial charge in [0.1, 0.15) is 11.7 Å². The van der Waals surface area contributed by atoms with Crippen molar-refractivity contribution in [1.82, 2.24) is 0 Å². The van der Waals surface area contributed by atoms with Crippen LogP contribution in [0.2, 0.25) is 0 Å². The number of hydrogen-bond acceptors (Lipinski definition) is 5. The van der Waals surface area contributed by atoms with Gasteiger partial charge in [0.25, 0.3) is 0 Å². The van der Waals surface area contributed by atoms with Crippen LogP contribution in [-0.2, 0) is 14.3 Å². The molecule has 0 saturated heterocycles. The molecule has 138 valence electrons. The van der Waals surface area contributed by atoms with E-state index in [-0.39, 0.29) is 11.8 Å². The van der Waals surface area contributed by atoms with Crippen LogP contribution in [0.5, 0.6) is 5.75 Å². The van der Waals surface area contributed by atoms with E-state index in [4.69, 9.17) is 9.47 Å². The lowest BCUT2D eigenvalue weighted by molar-refractivity contribution is -0.146. The first-order valence-electron chi connectivity index (χ1n) is 9.19. The van der Waals surface area contributed by atoms with Crippen molar-refractivity contribution in [3.63, 3.8) is 0 Å². The Balaban J connectivity index is 2.14. The highest BCUT2D eigenvalue weighted by Crippen LogP contribution is 2.46.